The van der Waals surface area contributed by atoms with Gasteiger partial charge in [-0.25, -0.2) is 4.79 Å². The molecule has 4 aliphatic rings. The van der Waals surface area contributed by atoms with Crippen LogP contribution in [0.1, 0.15) is 77.2 Å². The van der Waals surface area contributed by atoms with Gasteiger partial charge in [-0.1, -0.05) is 38.3 Å². The molecular formula is C29H41N3O4. The van der Waals surface area contributed by atoms with Crippen LogP contribution in [-0.2, 0) is 19.7 Å². The van der Waals surface area contributed by atoms with Crippen LogP contribution in [0.5, 0.6) is 0 Å². The highest BCUT2D eigenvalue weighted by Crippen LogP contribution is 2.58. The lowest BCUT2D eigenvalue weighted by Gasteiger charge is -2.37. The number of benzene rings is 1. The van der Waals surface area contributed by atoms with Crippen LogP contribution in [-0.4, -0.2) is 49.0 Å². The van der Waals surface area contributed by atoms with Gasteiger partial charge in [0.1, 0.15) is 0 Å². The molecule has 3 amide bonds. The third-order valence-corrected chi connectivity index (χ3v) is 9.58. The molecule has 0 bridgehead atoms. The Hall–Kier alpha value is -2.57. The van der Waals surface area contributed by atoms with E-state index in [1.807, 2.05) is 24.3 Å². The van der Waals surface area contributed by atoms with Crippen molar-refractivity contribution in [2.45, 2.75) is 83.1 Å². The van der Waals surface area contributed by atoms with Gasteiger partial charge in [0, 0.05) is 31.2 Å². The molecule has 1 saturated heterocycles. The molecule has 36 heavy (non-hydrogen) atoms. The molecule has 3 atom stereocenters. The number of nitrogens with zero attached hydrogens (tertiary/aromatic N) is 1. The highest BCUT2D eigenvalue weighted by atomic mass is 16.5. The van der Waals surface area contributed by atoms with Crippen molar-refractivity contribution in [3.05, 3.63) is 29.8 Å². The Labute approximate surface area is 214 Å². The van der Waals surface area contributed by atoms with Crippen molar-refractivity contribution < 1.29 is 19.1 Å². The second-order valence-corrected chi connectivity index (χ2v) is 12.1. The molecule has 0 aromatic heterocycles. The smallest absolute Gasteiger partial charge is 0.409 e. The molecule has 7 nitrogen and oxygen atoms in total. The van der Waals surface area contributed by atoms with Gasteiger partial charge in [-0.15, -0.1) is 0 Å². The number of ether oxygens (including phenoxy) is 1. The lowest BCUT2D eigenvalue weighted by atomic mass is 9.68. The highest BCUT2D eigenvalue weighted by Gasteiger charge is 2.50. The van der Waals surface area contributed by atoms with Gasteiger partial charge < -0.3 is 20.3 Å². The van der Waals surface area contributed by atoms with Crippen LogP contribution in [0.25, 0.3) is 0 Å². The molecule has 7 heteroatoms. The lowest BCUT2D eigenvalue weighted by Crippen LogP contribution is -2.50. The summed E-state index contributed by atoms with van der Waals surface area (Å²) in [4.78, 5) is 40.7. The molecule has 4 fully saturated rings. The third-order valence-electron chi connectivity index (χ3n) is 9.58. The predicted molar refractivity (Wildman–Crippen MR) is 138 cm³/mol. The minimum absolute atomic E-state index is 0.0523. The Kier molecular flexibility index (Phi) is 6.77. The first-order chi connectivity index (χ1) is 17.2. The molecule has 196 valence electrons. The van der Waals surface area contributed by atoms with Gasteiger partial charge in [0.25, 0.3) is 0 Å². The second-order valence-electron chi connectivity index (χ2n) is 12.1. The van der Waals surface area contributed by atoms with E-state index in [4.69, 9.17) is 4.74 Å². The largest absolute Gasteiger partial charge is 0.453 e. The van der Waals surface area contributed by atoms with Gasteiger partial charge in [0.05, 0.1) is 12.5 Å². The number of carbonyl (C=O) groups excluding carboxylic acids is 3. The Morgan fingerprint density at radius 1 is 1.11 bits per heavy atom. The lowest BCUT2D eigenvalue weighted by molar-refractivity contribution is -0.127. The SMILES string of the molecule is COC(=O)N1CCC(C(=O)NC(C)C2CC2)(c2cccc(NC(=O)CC(C3CCC3)C3(C)CC3)c2)C1. The van der Waals surface area contributed by atoms with Crippen molar-refractivity contribution in [2.24, 2.45) is 23.2 Å². The zero-order valence-corrected chi connectivity index (χ0v) is 22.0. The van der Waals surface area contributed by atoms with Crippen molar-refractivity contribution in [1.82, 2.24) is 10.2 Å². The molecule has 0 spiro atoms. The third kappa shape index (κ3) is 4.98. The van der Waals surface area contributed by atoms with Crippen molar-refractivity contribution in [1.29, 1.82) is 0 Å². The van der Waals surface area contributed by atoms with Crippen LogP contribution in [0.2, 0.25) is 0 Å². The first-order valence-electron chi connectivity index (χ1n) is 13.8. The number of nitrogens with one attached hydrogen (secondary N) is 2. The maximum atomic E-state index is 13.7. The summed E-state index contributed by atoms with van der Waals surface area (Å²) in [5.74, 6) is 1.67. The van der Waals surface area contributed by atoms with E-state index >= 15 is 0 Å². The predicted octanol–water partition coefficient (Wildman–Crippen LogP) is 4.86. The fraction of sp³-hybridized carbons (Fsp3) is 0.690. The number of hydrogen-bond acceptors (Lipinski definition) is 4. The van der Waals surface area contributed by atoms with Crippen LogP contribution >= 0.6 is 0 Å². The summed E-state index contributed by atoms with van der Waals surface area (Å²) in [5.41, 5.74) is 1.00. The van der Waals surface area contributed by atoms with Crippen LogP contribution < -0.4 is 10.6 Å². The van der Waals surface area contributed by atoms with E-state index in [9.17, 15) is 14.4 Å². The van der Waals surface area contributed by atoms with E-state index in [0.717, 1.165) is 18.4 Å². The van der Waals surface area contributed by atoms with Gasteiger partial charge in [-0.05, 0) is 79.9 Å². The molecule has 1 aliphatic heterocycles. The van der Waals surface area contributed by atoms with Gasteiger partial charge in [0.2, 0.25) is 11.8 Å². The summed E-state index contributed by atoms with van der Waals surface area (Å²) in [5, 5.41) is 6.36. The number of anilines is 1. The fourth-order valence-corrected chi connectivity index (χ4v) is 6.40. The average Bonchev–Trinajstić information content (AvgIpc) is 3.76. The first kappa shape index (κ1) is 25.1. The van der Waals surface area contributed by atoms with E-state index in [1.165, 1.54) is 39.2 Å². The fourth-order valence-electron chi connectivity index (χ4n) is 6.40. The van der Waals surface area contributed by atoms with E-state index in [1.54, 1.807) is 4.90 Å². The molecule has 3 aliphatic carbocycles. The molecule has 1 aromatic carbocycles. The molecule has 1 heterocycles. The minimum atomic E-state index is -0.867. The van der Waals surface area contributed by atoms with Crippen molar-refractivity contribution >= 4 is 23.6 Å². The summed E-state index contributed by atoms with van der Waals surface area (Å²) >= 11 is 0. The van der Waals surface area contributed by atoms with Gasteiger partial charge >= 0.3 is 6.09 Å². The molecule has 3 unspecified atom stereocenters. The van der Waals surface area contributed by atoms with E-state index in [0.29, 0.717) is 48.2 Å². The van der Waals surface area contributed by atoms with Crippen LogP contribution in [0.15, 0.2) is 24.3 Å². The van der Waals surface area contributed by atoms with Gasteiger partial charge in [-0.2, -0.15) is 0 Å². The van der Waals surface area contributed by atoms with Crippen molar-refractivity contribution in [2.75, 3.05) is 25.5 Å². The maximum absolute atomic E-state index is 13.7. The van der Waals surface area contributed by atoms with Crippen LogP contribution in [0.3, 0.4) is 0 Å². The van der Waals surface area contributed by atoms with Crippen molar-refractivity contribution in [3.8, 4) is 0 Å². The molecule has 5 rings (SSSR count). The summed E-state index contributed by atoms with van der Waals surface area (Å²) in [6, 6.07) is 7.77. The first-order valence-corrected chi connectivity index (χ1v) is 13.8. The van der Waals surface area contributed by atoms with E-state index in [-0.39, 0.29) is 24.4 Å². The number of amides is 3. The van der Waals surface area contributed by atoms with Gasteiger partial charge in [-0.3, -0.25) is 9.59 Å². The summed E-state index contributed by atoms with van der Waals surface area (Å²) in [6.45, 7) is 5.12. The normalized spacial score (nSPS) is 26.5. The molecule has 2 N–H and O–H groups in total. The Morgan fingerprint density at radius 3 is 2.47 bits per heavy atom. The standard InChI is InChI=1S/C29H41N3O4/c1-19(20-10-11-20)30-26(34)29(14-15-32(18-29)27(35)36-3)22-8-5-9-23(16-22)31-25(33)17-24(21-6-4-7-21)28(2)12-13-28/h5,8-9,16,19-21,24H,4,6-7,10-15,17-18H2,1-3H3,(H,30,34)(H,31,33). The molecule has 1 aromatic rings. The number of carbonyl (C=O) groups is 3. The summed E-state index contributed by atoms with van der Waals surface area (Å²) in [6.07, 6.45) is 9.18. The van der Waals surface area contributed by atoms with E-state index < -0.39 is 11.5 Å². The topological polar surface area (TPSA) is 87.7 Å². The Bertz CT molecular complexity index is 1010. The highest BCUT2D eigenvalue weighted by molar-refractivity contribution is 5.93. The number of methoxy groups -OCH3 is 1. The monoisotopic (exact) mass is 495 g/mol. The van der Waals surface area contributed by atoms with Crippen molar-refractivity contribution in [3.63, 3.8) is 0 Å². The van der Waals surface area contributed by atoms with Gasteiger partial charge in [0.15, 0.2) is 0 Å². The quantitative estimate of drug-likeness (QED) is 0.512. The maximum Gasteiger partial charge on any atom is 0.409 e. The molecule has 3 saturated carbocycles. The van der Waals surface area contributed by atoms with E-state index in [2.05, 4.69) is 24.5 Å². The summed E-state index contributed by atoms with van der Waals surface area (Å²) < 4.78 is 4.95. The zero-order valence-electron chi connectivity index (χ0n) is 22.0. The Balaban J connectivity index is 1.33. The zero-order chi connectivity index (χ0) is 25.5. The number of rotatable bonds is 9. The molecule has 0 radical (unpaired) electrons. The van der Waals surface area contributed by atoms with Crippen LogP contribution in [0, 0.1) is 23.2 Å². The second kappa shape index (κ2) is 9.71. The average molecular weight is 496 g/mol. The minimum Gasteiger partial charge on any atom is -0.453 e. The summed E-state index contributed by atoms with van der Waals surface area (Å²) in [7, 11) is 1.37. The van der Waals surface area contributed by atoms with Crippen LogP contribution in [0.4, 0.5) is 10.5 Å². The number of hydrogen-bond donors (Lipinski definition) is 2. The number of likely N-dealkylation sites (tertiary alicyclic amines) is 1. The molecular weight excluding hydrogens is 454 g/mol. The Morgan fingerprint density at radius 2 is 1.86 bits per heavy atom.